The molecule has 1 aliphatic rings. The van der Waals surface area contributed by atoms with Crippen molar-refractivity contribution >= 4 is 12.0 Å². The van der Waals surface area contributed by atoms with Crippen LogP contribution in [0.4, 0.5) is 0 Å². The van der Waals surface area contributed by atoms with Crippen LogP contribution in [0.2, 0.25) is 0 Å². The third-order valence-corrected chi connectivity index (χ3v) is 4.14. The number of carbonyl (C=O) groups is 1. The van der Waals surface area contributed by atoms with Crippen molar-refractivity contribution in [3.63, 3.8) is 0 Å². The van der Waals surface area contributed by atoms with E-state index in [1.807, 2.05) is 18.2 Å². The number of hydrogen-bond donors (Lipinski definition) is 0. The molecule has 0 unspecified atom stereocenters. The SMILES string of the molecule is CCCOc1ccc(C=CC(=O)OC2CCCCC2)cc1OCCC. The quantitative estimate of drug-likeness (QED) is 0.458. The van der Waals surface area contributed by atoms with Crippen LogP contribution in [0.3, 0.4) is 0 Å². The molecule has 0 atom stereocenters. The van der Waals surface area contributed by atoms with Crippen LogP contribution in [-0.4, -0.2) is 25.3 Å². The molecule has 1 aliphatic carbocycles. The fourth-order valence-corrected chi connectivity index (χ4v) is 2.84. The molecule has 0 radical (unpaired) electrons. The Morgan fingerprint density at radius 2 is 1.72 bits per heavy atom. The van der Waals surface area contributed by atoms with E-state index in [4.69, 9.17) is 14.2 Å². The number of hydrogen-bond acceptors (Lipinski definition) is 4. The van der Waals surface area contributed by atoms with E-state index in [-0.39, 0.29) is 12.1 Å². The van der Waals surface area contributed by atoms with Crippen LogP contribution in [0, 0.1) is 0 Å². The van der Waals surface area contributed by atoms with Gasteiger partial charge in [-0.25, -0.2) is 4.79 Å². The van der Waals surface area contributed by atoms with Crippen LogP contribution in [0.25, 0.3) is 6.08 Å². The maximum absolute atomic E-state index is 12.0. The van der Waals surface area contributed by atoms with Gasteiger partial charge in [0.15, 0.2) is 11.5 Å². The van der Waals surface area contributed by atoms with Crippen LogP contribution < -0.4 is 9.47 Å². The zero-order chi connectivity index (χ0) is 17.9. The molecule has 1 aromatic rings. The Bertz CT molecular complexity index is 559. The van der Waals surface area contributed by atoms with E-state index in [0.717, 1.165) is 55.6 Å². The zero-order valence-electron chi connectivity index (χ0n) is 15.5. The van der Waals surface area contributed by atoms with Crippen molar-refractivity contribution in [3.8, 4) is 11.5 Å². The van der Waals surface area contributed by atoms with Crippen molar-refractivity contribution in [2.75, 3.05) is 13.2 Å². The molecule has 4 heteroatoms. The molecule has 0 aliphatic heterocycles. The van der Waals surface area contributed by atoms with Gasteiger partial charge in [-0.15, -0.1) is 0 Å². The first kappa shape index (κ1) is 19.4. The van der Waals surface area contributed by atoms with E-state index in [1.165, 1.54) is 12.5 Å². The van der Waals surface area contributed by atoms with E-state index < -0.39 is 0 Å². The number of benzene rings is 1. The smallest absolute Gasteiger partial charge is 0.331 e. The average Bonchev–Trinajstić information content (AvgIpc) is 2.64. The topological polar surface area (TPSA) is 44.8 Å². The molecule has 0 spiro atoms. The van der Waals surface area contributed by atoms with E-state index in [9.17, 15) is 4.79 Å². The minimum Gasteiger partial charge on any atom is -0.490 e. The standard InChI is InChI=1S/C21H30O4/c1-3-14-23-19-12-10-17(16-20(19)24-15-4-2)11-13-21(22)25-18-8-6-5-7-9-18/h10-13,16,18H,3-9,14-15H2,1-2H3. The fraction of sp³-hybridized carbons (Fsp3) is 0.571. The summed E-state index contributed by atoms with van der Waals surface area (Å²) in [7, 11) is 0. The summed E-state index contributed by atoms with van der Waals surface area (Å²) in [6.45, 7) is 5.43. The Labute approximate surface area is 151 Å². The number of rotatable bonds is 9. The Morgan fingerprint density at radius 1 is 1.04 bits per heavy atom. The molecule has 1 aromatic carbocycles. The van der Waals surface area contributed by atoms with Gasteiger partial charge in [0.1, 0.15) is 6.10 Å². The lowest BCUT2D eigenvalue weighted by molar-refractivity contribution is -0.144. The first-order valence-corrected chi connectivity index (χ1v) is 9.51. The summed E-state index contributed by atoms with van der Waals surface area (Å²) in [4.78, 5) is 12.0. The lowest BCUT2D eigenvalue weighted by Crippen LogP contribution is -2.19. The van der Waals surface area contributed by atoms with Crippen LogP contribution in [-0.2, 0) is 9.53 Å². The number of esters is 1. The molecule has 2 rings (SSSR count). The third-order valence-electron chi connectivity index (χ3n) is 4.14. The maximum Gasteiger partial charge on any atom is 0.331 e. The van der Waals surface area contributed by atoms with E-state index in [1.54, 1.807) is 6.08 Å². The van der Waals surface area contributed by atoms with Crippen molar-refractivity contribution in [2.24, 2.45) is 0 Å². The summed E-state index contributed by atoms with van der Waals surface area (Å²) < 4.78 is 17.0. The summed E-state index contributed by atoms with van der Waals surface area (Å²) >= 11 is 0. The van der Waals surface area contributed by atoms with Gasteiger partial charge >= 0.3 is 5.97 Å². The van der Waals surface area contributed by atoms with E-state index in [0.29, 0.717) is 13.2 Å². The second kappa shape index (κ2) is 10.8. The van der Waals surface area contributed by atoms with Gasteiger partial charge in [-0.3, -0.25) is 0 Å². The second-order valence-corrected chi connectivity index (χ2v) is 6.43. The minimum absolute atomic E-state index is 0.0826. The van der Waals surface area contributed by atoms with Crippen LogP contribution in [0.15, 0.2) is 24.3 Å². The maximum atomic E-state index is 12.0. The average molecular weight is 346 g/mol. The predicted octanol–water partition coefficient (Wildman–Crippen LogP) is 5.15. The highest BCUT2D eigenvalue weighted by molar-refractivity contribution is 5.87. The van der Waals surface area contributed by atoms with Gasteiger partial charge in [0, 0.05) is 6.08 Å². The van der Waals surface area contributed by atoms with Crippen molar-refractivity contribution < 1.29 is 19.0 Å². The highest BCUT2D eigenvalue weighted by Gasteiger charge is 2.16. The van der Waals surface area contributed by atoms with Crippen molar-refractivity contribution in [1.29, 1.82) is 0 Å². The fourth-order valence-electron chi connectivity index (χ4n) is 2.84. The van der Waals surface area contributed by atoms with Gasteiger partial charge in [0.05, 0.1) is 13.2 Å². The van der Waals surface area contributed by atoms with Crippen molar-refractivity contribution in [2.45, 2.75) is 64.9 Å². The van der Waals surface area contributed by atoms with Gasteiger partial charge in [0.2, 0.25) is 0 Å². The number of ether oxygens (including phenoxy) is 3. The van der Waals surface area contributed by atoms with Crippen LogP contribution in [0.5, 0.6) is 11.5 Å². The van der Waals surface area contributed by atoms with Crippen molar-refractivity contribution in [3.05, 3.63) is 29.8 Å². The molecule has 138 valence electrons. The lowest BCUT2D eigenvalue weighted by Gasteiger charge is -2.20. The Hall–Kier alpha value is -1.97. The van der Waals surface area contributed by atoms with Gasteiger partial charge in [0.25, 0.3) is 0 Å². The predicted molar refractivity (Wildman–Crippen MR) is 100 cm³/mol. The molecule has 0 heterocycles. The highest BCUT2D eigenvalue weighted by Crippen LogP contribution is 2.29. The van der Waals surface area contributed by atoms with Crippen molar-refractivity contribution in [1.82, 2.24) is 0 Å². The summed E-state index contributed by atoms with van der Waals surface area (Å²) in [5, 5.41) is 0. The van der Waals surface area contributed by atoms with Crippen LogP contribution in [0.1, 0.15) is 64.4 Å². The van der Waals surface area contributed by atoms with Gasteiger partial charge in [-0.05, 0) is 62.3 Å². The first-order valence-electron chi connectivity index (χ1n) is 9.51. The normalized spacial score (nSPS) is 15.3. The summed E-state index contributed by atoms with van der Waals surface area (Å²) in [5.74, 6) is 1.20. The molecule has 25 heavy (non-hydrogen) atoms. The van der Waals surface area contributed by atoms with Gasteiger partial charge in [-0.2, -0.15) is 0 Å². The lowest BCUT2D eigenvalue weighted by atomic mass is 9.98. The zero-order valence-corrected chi connectivity index (χ0v) is 15.5. The minimum atomic E-state index is -0.269. The Kier molecular flexibility index (Phi) is 8.36. The summed E-state index contributed by atoms with van der Waals surface area (Å²) in [6.07, 6.45) is 10.8. The Morgan fingerprint density at radius 3 is 2.40 bits per heavy atom. The largest absolute Gasteiger partial charge is 0.490 e. The first-order chi connectivity index (χ1) is 12.2. The molecule has 0 bridgehead atoms. The second-order valence-electron chi connectivity index (χ2n) is 6.43. The Balaban J connectivity index is 1.98. The molecular formula is C21H30O4. The molecule has 1 saturated carbocycles. The summed E-state index contributed by atoms with van der Waals surface area (Å²) in [5.41, 5.74) is 0.899. The molecule has 0 N–H and O–H groups in total. The van der Waals surface area contributed by atoms with Gasteiger partial charge < -0.3 is 14.2 Å². The molecule has 0 saturated heterocycles. The molecular weight excluding hydrogens is 316 g/mol. The molecule has 0 aromatic heterocycles. The summed E-state index contributed by atoms with van der Waals surface area (Å²) in [6, 6.07) is 5.73. The molecule has 4 nitrogen and oxygen atoms in total. The third kappa shape index (κ3) is 6.81. The van der Waals surface area contributed by atoms with Gasteiger partial charge in [-0.1, -0.05) is 26.3 Å². The van der Waals surface area contributed by atoms with E-state index in [2.05, 4.69) is 13.8 Å². The number of carbonyl (C=O) groups excluding carboxylic acids is 1. The monoisotopic (exact) mass is 346 g/mol. The van der Waals surface area contributed by atoms with Crippen LogP contribution >= 0.6 is 0 Å². The molecule has 0 amide bonds. The molecule has 1 fully saturated rings. The van der Waals surface area contributed by atoms with E-state index >= 15 is 0 Å². The highest BCUT2D eigenvalue weighted by atomic mass is 16.5.